The maximum Gasteiger partial charge on any atom is 0.264 e. The van der Waals surface area contributed by atoms with Crippen LogP contribution in [0.2, 0.25) is 0 Å². The van der Waals surface area contributed by atoms with Gasteiger partial charge in [0.1, 0.15) is 17.7 Å². The lowest BCUT2D eigenvalue weighted by atomic mass is 9.95. The van der Waals surface area contributed by atoms with Crippen molar-refractivity contribution < 1.29 is 32.0 Å². The Labute approximate surface area is 171 Å². The van der Waals surface area contributed by atoms with Crippen LogP contribution in [0.25, 0.3) is 11.1 Å². The molecule has 2 aromatic rings. The summed E-state index contributed by atoms with van der Waals surface area (Å²) < 4.78 is 50.7. The number of halogens is 2. The molecule has 2 heterocycles. The molecule has 0 saturated heterocycles. The van der Waals surface area contributed by atoms with E-state index in [0.29, 0.717) is 11.3 Å². The van der Waals surface area contributed by atoms with Crippen LogP contribution in [-0.4, -0.2) is 47.3 Å². The number of hydroxylamine groups is 1. The number of carbonyl (C=O) groups excluding carboxylic acids is 1. The Hall–Kier alpha value is -2.92. The summed E-state index contributed by atoms with van der Waals surface area (Å²) in [5.41, 5.74) is 2.21. The van der Waals surface area contributed by atoms with E-state index < -0.39 is 38.2 Å². The molecule has 1 aromatic heterocycles. The van der Waals surface area contributed by atoms with Gasteiger partial charge in [-0.3, -0.25) is 15.0 Å². The SMILES string of the molecule is CC(CC1CC(c2ccc(-c3ccncc3F)c(F)c2)=NO1)(C(=O)NO)S(C)(=O)=O. The summed E-state index contributed by atoms with van der Waals surface area (Å²) >= 11 is 0. The number of hydrogen-bond acceptors (Lipinski definition) is 7. The van der Waals surface area contributed by atoms with Gasteiger partial charge in [-0.25, -0.2) is 22.7 Å². The van der Waals surface area contributed by atoms with E-state index in [0.717, 1.165) is 12.5 Å². The monoisotopic (exact) mass is 439 g/mol. The van der Waals surface area contributed by atoms with Crippen LogP contribution < -0.4 is 5.48 Å². The van der Waals surface area contributed by atoms with Crippen LogP contribution in [0.3, 0.4) is 0 Å². The van der Waals surface area contributed by atoms with Gasteiger partial charge in [0.15, 0.2) is 14.6 Å². The Morgan fingerprint density at radius 2 is 2.00 bits per heavy atom. The summed E-state index contributed by atoms with van der Waals surface area (Å²) in [6.45, 7) is 1.17. The van der Waals surface area contributed by atoms with Gasteiger partial charge < -0.3 is 4.84 Å². The zero-order chi connectivity index (χ0) is 22.1. The number of benzene rings is 1. The highest BCUT2D eigenvalue weighted by Crippen LogP contribution is 2.31. The molecule has 8 nitrogen and oxygen atoms in total. The van der Waals surface area contributed by atoms with Crippen molar-refractivity contribution in [2.24, 2.45) is 5.16 Å². The van der Waals surface area contributed by atoms with Crippen LogP contribution in [0.5, 0.6) is 0 Å². The van der Waals surface area contributed by atoms with Crippen molar-refractivity contribution in [3.63, 3.8) is 0 Å². The Kier molecular flexibility index (Phi) is 5.86. The number of oxime groups is 1. The molecular formula is C19H19F2N3O5S. The molecule has 30 heavy (non-hydrogen) atoms. The molecular weight excluding hydrogens is 420 g/mol. The maximum atomic E-state index is 14.6. The molecule has 160 valence electrons. The Bertz CT molecular complexity index is 1120. The number of pyridine rings is 1. The first-order valence-corrected chi connectivity index (χ1v) is 10.7. The van der Waals surface area contributed by atoms with Gasteiger partial charge in [-0.1, -0.05) is 17.3 Å². The van der Waals surface area contributed by atoms with Gasteiger partial charge in [0.2, 0.25) is 0 Å². The molecule has 2 N–H and O–H groups in total. The largest absolute Gasteiger partial charge is 0.392 e. The normalized spacial score (nSPS) is 18.3. The van der Waals surface area contributed by atoms with Gasteiger partial charge in [-0.05, 0) is 19.1 Å². The summed E-state index contributed by atoms with van der Waals surface area (Å²) in [6.07, 6.45) is 2.29. The predicted molar refractivity (Wildman–Crippen MR) is 103 cm³/mol. The topological polar surface area (TPSA) is 118 Å². The van der Waals surface area contributed by atoms with E-state index in [1.54, 1.807) is 6.07 Å². The smallest absolute Gasteiger partial charge is 0.264 e. The first kappa shape index (κ1) is 21.8. The van der Waals surface area contributed by atoms with Crippen molar-refractivity contribution >= 4 is 21.5 Å². The molecule has 0 saturated carbocycles. The lowest BCUT2D eigenvalue weighted by Gasteiger charge is -2.26. The first-order valence-electron chi connectivity index (χ1n) is 8.83. The molecule has 11 heteroatoms. The van der Waals surface area contributed by atoms with Crippen LogP contribution in [0.4, 0.5) is 8.78 Å². The third-order valence-electron chi connectivity index (χ3n) is 5.12. The second kappa shape index (κ2) is 8.07. The van der Waals surface area contributed by atoms with E-state index in [2.05, 4.69) is 10.1 Å². The third kappa shape index (κ3) is 4.03. The second-order valence-corrected chi connectivity index (χ2v) is 9.61. The molecule has 2 atom stereocenters. The Balaban J connectivity index is 1.79. The number of sulfone groups is 1. The number of nitrogens with zero attached hydrogens (tertiary/aromatic N) is 2. The fourth-order valence-corrected chi connectivity index (χ4v) is 4.05. The van der Waals surface area contributed by atoms with Crippen LogP contribution in [-0.2, 0) is 19.5 Å². The molecule has 1 aliphatic rings. The molecule has 1 aliphatic heterocycles. The average Bonchev–Trinajstić information content (AvgIpc) is 3.15. The van der Waals surface area contributed by atoms with Crippen LogP contribution in [0, 0.1) is 11.6 Å². The molecule has 1 amide bonds. The number of carbonyl (C=O) groups is 1. The van der Waals surface area contributed by atoms with E-state index in [4.69, 9.17) is 10.0 Å². The van der Waals surface area contributed by atoms with Gasteiger partial charge in [0, 0.05) is 42.0 Å². The van der Waals surface area contributed by atoms with E-state index >= 15 is 0 Å². The van der Waals surface area contributed by atoms with Crippen molar-refractivity contribution in [2.45, 2.75) is 30.6 Å². The molecule has 1 aromatic carbocycles. The summed E-state index contributed by atoms with van der Waals surface area (Å²) in [4.78, 5) is 20.8. The lowest BCUT2D eigenvalue weighted by Crippen LogP contribution is -2.51. The zero-order valence-corrected chi connectivity index (χ0v) is 16.9. The van der Waals surface area contributed by atoms with Gasteiger partial charge in [0.05, 0.1) is 11.9 Å². The Morgan fingerprint density at radius 3 is 2.60 bits per heavy atom. The van der Waals surface area contributed by atoms with Crippen molar-refractivity contribution in [1.29, 1.82) is 0 Å². The van der Waals surface area contributed by atoms with E-state index in [-0.39, 0.29) is 24.0 Å². The summed E-state index contributed by atoms with van der Waals surface area (Å²) in [7, 11) is -3.90. The van der Waals surface area contributed by atoms with Crippen LogP contribution in [0.1, 0.15) is 25.3 Å². The summed E-state index contributed by atoms with van der Waals surface area (Å²) in [6, 6.07) is 5.48. The average molecular weight is 439 g/mol. The second-order valence-electron chi connectivity index (χ2n) is 7.17. The fourth-order valence-electron chi connectivity index (χ4n) is 3.18. The molecule has 3 rings (SSSR count). The highest BCUT2D eigenvalue weighted by Gasteiger charge is 2.47. The van der Waals surface area contributed by atoms with Crippen molar-refractivity contribution in [3.05, 3.63) is 53.9 Å². The number of nitrogens with one attached hydrogen (secondary N) is 1. The van der Waals surface area contributed by atoms with Crippen molar-refractivity contribution in [1.82, 2.24) is 10.5 Å². The molecule has 2 unspecified atom stereocenters. The van der Waals surface area contributed by atoms with Crippen molar-refractivity contribution in [2.75, 3.05) is 6.26 Å². The number of aromatic nitrogens is 1. The van der Waals surface area contributed by atoms with Gasteiger partial charge in [-0.2, -0.15) is 0 Å². The van der Waals surface area contributed by atoms with Gasteiger partial charge in [0.25, 0.3) is 5.91 Å². The highest BCUT2D eigenvalue weighted by molar-refractivity contribution is 7.92. The maximum absolute atomic E-state index is 14.6. The fraction of sp³-hybridized carbons (Fsp3) is 0.316. The van der Waals surface area contributed by atoms with E-state index in [1.165, 1.54) is 36.8 Å². The third-order valence-corrected chi connectivity index (χ3v) is 7.10. The minimum atomic E-state index is -3.90. The number of rotatable bonds is 6. The predicted octanol–water partition coefficient (Wildman–Crippen LogP) is 2.22. The number of hydrogen-bond donors (Lipinski definition) is 2. The minimum absolute atomic E-state index is 0.0546. The Morgan fingerprint density at radius 1 is 1.30 bits per heavy atom. The zero-order valence-electron chi connectivity index (χ0n) is 16.1. The van der Waals surface area contributed by atoms with Gasteiger partial charge in [-0.15, -0.1) is 0 Å². The molecule has 0 aliphatic carbocycles. The lowest BCUT2D eigenvalue weighted by molar-refractivity contribution is -0.132. The number of amides is 1. The van der Waals surface area contributed by atoms with Crippen LogP contribution >= 0.6 is 0 Å². The summed E-state index contributed by atoms with van der Waals surface area (Å²) in [5, 5.41) is 12.8. The molecule has 0 spiro atoms. The molecule has 0 fully saturated rings. The standard InChI is InChI=1S/C19H19F2N3O5S/c1-19(18(25)23-26,30(2,27)28)9-12-8-17(24-29-12)11-3-4-13(15(20)7-11)14-5-6-22-10-16(14)21/h3-7,10,12,26H,8-9H2,1-2H3,(H,23,25). The molecule has 0 radical (unpaired) electrons. The van der Waals surface area contributed by atoms with E-state index in [1.807, 2.05) is 0 Å². The minimum Gasteiger partial charge on any atom is -0.392 e. The van der Waals surface area contributed by atoms with Gasteiger partial charge >= 0.3 is 0 Å². The van der Waals surface area contributed by atoms with Crippen molar-refractivity contribution in [3.8, 4) is 11.1 Å². The highest BCUT2D eigenvalue weighted by atomic mass is 32.2. The van der Waals surface area contributed by atoms with Crippen LogP contribution in [0.15, 0.2) is 41.8 Å². The summed E-state index contributed by atoms with van der Waals surface area (Å²) in [5.74, 6) is -2.42. The first-order chi connectivity index (χ1) is 14.1. The quantitative estimate of drug-likeness (QED) is 0.526. The van der Waals surface area contributed by atoms with E-state index in [9.17, 15) is 22.0 Å². The molecule has 0 bridgehead atoms.